The Morgan fingerprint density at radius 1 is 1.00 bits per heavy atom. The van der Waals surface area contributed by atoms with E-state index in [0.29, 0.717) is 0 Å². The molecular formula is C11H25NO2. The van der Waals surface area contributed by atoms with Crippen LogP contribution < -0.4 is 5.32 Å². The van der Waals surface area contributed by atoms with Crippen LogP contribution in [0.2, 0.25) is 0 Å². The molecular weight excluding hydrogens is 178 g/mol. The van der Waals surface area contributed by atoms with Crippen LogP contribution in [0.25, 0.3) is 0 Å². The average molecular weight is 203 g/mol. The molecule has 0 fully saturated rings. The molecule has 0 aromatic carbocycles. The predicted molar refractivity (Wildman–Crippen MR) is 59.7 cm³/mol. The van der Waals surface area contributed by atoms with Crippen LogP contribution in [0.5, 0.6) is 0 Å². The van der Waals surface area contributed by atoms with Gasteiger partial charge in [0.05, 0.1) is 12.2 Å². The molecule has 0 saturated heterocycles. The molecule has 0 atom stereocenters. The second kappa shape index (κ2) is 8.21. The standard InChI is InChI=1S/C11H25NO2/c1-11(2,3)14-9-6-5-7-12-8-10-13-4/h12H,5-10H2,1-4H3. The number of hydrogen-bond acceptors (Lipinski definition) is 3. The van der Waals surface area contributed by atoms with Crippen molar-refractivity contribution in [3.8, 4) is 0 Å². The van der Waals surface area contributed by atoms with Gasteiger partial charge in [-0.3, -0.25) is 0 Å². The van der Waals surface area contributed by atoms with Crippen molar-refractivity contribution in [2.75, 3.05) is 33.4 Å². The third kappa shape index (κ3) is 11.9. The SMILES string of the molecule is COCCNCCCCOC(C)(C)C. The zero-order valence-electron chi connectivity index (χ0n) is 10.1. The fourth-order valence-electron chi connectivity index (χ4n) is 1.03. The minimum absolute atomic E-state index is 0.00345. The Bertz CT molecular complexity index is 121. The first-order valence-corrected chi connectivity index (χ1v) is 5.40. The van der Waals surface area contributed by atoms with Gasteiger partial charge in [-0.15, -0.1) is 0 Å². The van der Waals surface area contributed by atoms with Crippen LogP contribution in [0.1, 0.15) is 33.6 Å². The molecule has 0 spiro atoms. The molecule has 0 aromatic rings. The van der Waals surface area contributed by atoms with Gasteiger partial charge in [-0.05, 0) is 40.2 Å². The third-order valence-corrected chi connectivity index (χ3v) is 1.77. The summed E-state index contributed by atoms with van der Waals surface area (Å²) in [6.45, 7) is 9.90. The van der Waals surface area contributed by atoms with E-state index in [1.54, 1.807) is 7.11 Å². The van der Waals surface area contributed by atoms with Crippen LogP contribution in [0.4, 0.5) is 0 Å². The van der Waals surface area contributed by atoms with E-state index in [-0.39, 0.29) is 5.60 Å². The maximum absolute atomic E-state index is 5.60. The molecule has 0 radical (unpaired) electrons. The summed E-state index contributed by atoms with van der Waals surface area (Å²) in [4.78, 5) is 0. The van der Waals surface area contributed by atoms with Crippen molar-refractivity contribution in [2.45, 2.75) is 39.2 Å². The van der Waals surface area contributed by atoms with Gasteiger partial charge in [0.2, 0.25) is 0 Å². The van der Waals surface area contributed by atoms with E-state index in [1.807, 2.05) is 0 Å². The van der Waals surface area contributed by atoms with E-state index in [1.165, 1.54) is 6.42 Å². The minimum atomic E-state index is 0.00345. The lowest BCUT2D eigenvalue weighted by atomic mass is 10.2. The predicted octanol–water partition coefficient (Wildman–Crippen LogP) is 1.82. The minimum Gasteiger partial charge on any atom is -0.383 e. The zero-order chi connectivity index (χ0) is 10.9. The van der Waals surface area contributed by atoms with Crippen molar-refractivity contribution in [3.63, 3.8) is 0 Å². The molecule has 3 heteroatoms. The summed E-state index contributed by atoms with van der Waals surface area (Å²) >= 11 is 0. The highest BCUT2D eigenvalue weighted by molar-refractivity contribution is 4.58. The largest absolute Gasteiger partial charge is 0.383 e. The molecule has 0 aliphatic rings. The normalized spacial score (nSPS) is 12.0. The molecule has 1 N–H and O–H groups in total. The van der Waals surface area contributed by atoms with Crippen LogP contribution in [-0.2, 0) is 9.47 Å². The average Bonchev–Trinajstić information content (AvgIpc) is 2.08. The number of nitrogens with one attached hydrogen (secondary N) is 1. The topological polar surface area (TPSA) is 30.5 Å². The van der Waals surface area contributed by atoms with Gasteiger partial charge in [0, 0.05) is 20.3 Å². The molecule has 0 unspecified atom stereocenters. The van der Waals surface area contributed by atoms with E-state index in [0.717, 1.165) is 32.7 Å². The Labute approximate surface area is 88.2 Å². The molecule has 0 amide bonds. The van der Waals surface area contributed by atoms with Crippen molar-refractivity contribution in [1.82, 2.24) is 5.32 Å². The van der Waals surface area contributed by atoms with Crippen LogP contribution in [-0.4, -0.2) is 39.0 Å². The molecule has 86 valence electrons. The monoisotopic (exact) mass is 203 g/mol. The lowest BCUT2D eigenvalue weighted by Gasteiger charge is -2.19. The second-order valence-electron chi connectivity index (χ2n) is 4.41. The number of methoxy groups -OCH3 is 1. The maximum Gasteiger partial charge on any atom is 0.0598 e. The van der Waals surface area contributed by atoms with E-state index >= 15 is 0 Å². The first-order chi connectivity index (χ1) is 6.56. The van der Waals surface area contributed by atoms with Gasteiger partial charge in [-0.25, -0.2) is 0 Å². The van der Waals surface area contributed by atoms with E-state index < -0.39 is 0 Å². The second-order valence-corrected chi connectivity index (χ2v) is 4.41. The highest BCUT2D eigenvalue weighted by Crippen LogP contribution is 2.07. The van der Waals surface area contributed by atoms with E-state index in [4.69, 9.17) is 9.47 Å². The summed E-state index contributed by atoms with van der Waals surface area (Å²) < 4.78 is 10.5. The molecule has 0 aliphatic heterocycles. The Balaban J connectivity index is 2.99. The Hall–Kier alpha value is -0.120. The number of unbranched alkanes of at least 4 members (excludes halogenated alkanes) is 1. The van der Waals surface area contributed by atoms with E-state index in [9.17, 15) is 0 Å². The van der Waals surface area contributed by atoms with Crippen molar-refractivity contribution < 1.29 is 9.47 Å². The molecule has 3 nitrogen and oxygen atoms in total. The highest BCUT2D eigenvalue weighted by atomic mass is 16.5. The van der Waals surface area contributed by atoms with Crippen LogP contribution >= 0.6 is 0 Å². The van der Waals surface area contributed by atoms with Crippen molar-refractivity contribution >= 4 is 0 Å². The van der Waals surface area contributed by atoms with Gasteiger partial charge >= 0.3 is 0 Å². The highest BCUT2D eigenvalue weighted by Gasteiger charge is 2.08. The Morgan fingerprint density at radius 3 is 2.29 bits per heavy atom. The summed E-state index contributed by atoms with van der Waals surface area (Å²) in [7, 11) is 1.72. The summed E-state index contributed by atoms with van der Waals surface area (Å²) in [5.74, 6) is 0. The quantitative estimate of drug-likeness (QED) is 0.610. The number of hydrogen-bond donors (Lipinski definition) is 1. The van der Waals surface area contributed by atoms with Crippen molar-refractivity contribution in [3.05, 3.63) is 0 Å². The molecule has 0 aromatic heterocycles. The summed E-state index contributed by atoms with van der Waals surface area (Å²) in [5, 5.41) is 3.30. The van der Waals surface area contributed by atoms with Gasteiger partial charge in [-0.2, -0.15) is 0 Å². The first-order valence-electron chi connectivity index (χ1n) is 5.40. The molecule has 0 aliphatic carbocycles. The summed E-state index contributed by atoms with van der Waals surface area (Å²) in [5.41, 5.74) is 0.00345. The zero-order valence-corrected chi connectivity index (χ0v) is 10.1. The summed E-state index contributed by atoms with van der Waals surface area (Å²) in [6, 6.07) is 0. The Morgan fingerprint density at radius 2 is 1.71 bits per heavy atom. The lowest BCUT2D eigenvalue weighted by Crippen LogP contribution is -2.22. The molecule has 0 bridgehead atoms. The Kier molecular flexibility index (Phi) is 8.14. The number of ether oxygens (including phenoxy) is 2. The van der Waals surface area contributed by atoms with Gasteiger partial charge in [0.25, 0.3) is 0 Å². The van der Waals surface area contributed by atoms with Crippen LogP contribution in [0, 0.1) is 0 Å². The van der Waals surface area contributed by atoms with Crippen LogP contribution in [0.15, 0.2) is 0 Å². The van der Waals surface area contributed by atoms with E-state index in [2.05, 4.69) is 26.1 Å². The maximum atomic E-state index is 5.60. The summed E-state index contributed by atoms with van der Waals surface area (Å²) in [6.07, 6.45) is 2.29. The van der Waals surface area contributed by atoms with Crippen LogP contribution in [0.3, 0.4) is 0 Å². The third-order valence-electron chi connectivity index (χ3n) is 1.77. The van der Waals surface area contributed by atoms with Crippen molar-refractivity contribution in [2.24, 2.45) is 0 Å². The van der Waals surface area contributed by atoms with Gasteiger partial charge in [0.15, 0.2) is 0 Å². The molecule has 14 heavy (non-hydrogen) atoms. The van der Waals surface area contributed by atoms with Crippen molar-refractivity contribution in [1.29, 1.82) is 0 Å². The smallest absolute Gasteiger partial charge is 0.0598 e. The van der Waals surface area contributed by atoms with Gasteiger partial charge in [0.1, 0.15) is 0 Å². The fourth-order valence-corrected chi connectivity index (χ4v) is 1.03. The van der Waals surface area contributed by atoms with Gasteiger partial charge < -0.3 is 14.8 Å². The first kappa shape index (κ1) is 13.9. The van der Waals surface area contributed by atoms with Gasteiger partial charge in [-0.1, -0.05) is 0 Å². The fraction of sp³-hybridized carbons (Fsp3) is 1.00. The number of rotatable bonds is 8. The molecule has 0 heterocycles. The molecule has 0 saturated carbocycles. The molecule has 0 rings (SSSR count). The lowest BCUT2D eigenvalue weighted by molar-refractivity contribution is -0.00453.